The Morgan fingerprint density at radius 1 is 1.30 bits per heavy atom. The van der Waals surface area contributed by atoms with E-state index < -0.39 is 5.60 Å². The number of aromatic nitrogens is 3. The summed E-state index contributed by atoms with van der Waals surface area (Å²) < 4.78 is 7.47. The lowest BCUT2D eigenvalue weighted by Gasteiger charge is -2.24. The van der Waals surface area contributed by atoms with Gasteiger partial charge < -0.3 is 24.7 Å². The predicted molar refractivity (Wildman–Crippen MR) is 106 cm³/mol. The van der Waals surface area contributed by atoms with Gasteiger partial charge in [-0.1, -0.05) is 13.3 Å². The summed E-state index contributed by atoms with van der Waals surface area (Å²) in [5.41, 5.74) is -0.291. The van der Waals surface area contributed by atoms with Crippen LogP contribution < -0.4 is 10.6 Å². The van der Waals surface area contributed by atoms with Crippen LogP contribution in [0.15, 0.2) is 15.5 Å². The maximum absolute atomic E-state index is 10.9. The third kappa shape index (κ3) is 5.56. The molecular weight excluding hydrogens is 344 g/mol. The highest BCUT2D eigenvalue weighted by Crippen LogP contribution is 2.26. The summed E-state index contributed by atoms with van der Waals surface area (Å²) >= 11 is 0. The van der Waals surface area contributed by atoms with Gasteiger partial charge in [0, 0.05) is 19.2 Å². The first-order valence-electron chi connectivity index (χ1n) is 9.41. The van der Waals surface area contributed by atoms with Gasteiger partial charge in [0.2, 0.25) is 0 Å². The summed E-state index contributed by atoms with van der Waals surface area (Å²) in [6.45, 7) is 11.1. The van der Waals surface area contributed by atoms with Crippen LogP contribution >= 0.6 is 0 Å². The van der Waals surface area contributed by atoms with Gasteiger partial charge in [-0.05, 0) is 40.2 Å². The number of rotatable bonds is 8. The molecule has 0 radical (unpaired) electrons. The molecule has 8 nitrogen and oxygen atoms in total. The van der Waals surface area contributed by atoms with Gasteiger partial charge in [-0.2, -0.15) is 0 Å². The van der Waals surface area contributed by atoms with E-state index in [4.69, 9.17) is 4.42 Å². The normalized spacial score (nSPS) is 14.3. The molecule has 1 unspecified atom stereocenters. The maximum Gasteiger partial charge on any atom is 0.191 e. The van der Waals surface area contributed by atoms with Crippen molar-refractivity contribution in [1.29, 1.82) is 0 Å². The van der Waals surface area contributed by atoms with E-state index in [-0.39, 0.29) is 0 Å². The van der Waals surface area contributed by atoms with Gasteiger partial charge in [-0.15, -0.1) is 10.2 Å². The number of aliphatic hydroxyl groups is 1. The number of aryl methyl sites for hydroxylation is 3. The molecule has 0 aromatic carbocycles. The second kappa shape index (κ2) is 9.03. The minimum absolute atomic E-state index is 0.308. The Morgan fingerprint density at radius 3 is 2.59 bits per heavy atom. The molecule has 8 heteroatoms. The molecule has 2 aromatic rings. The van der Waals surface area contributed by atoms with E-state index in [1.54, 1.807) is 6.92 Å². The van der Waals surface area contributed by atoms with Crippen molar-refractivity contribution in [3.05, 3.63) is 34.8 Å². The molecule has 0 aliphatic carbocycles. The van der Waals surface area contributed by atoms with Crippen LogP contribution in [0.1, 0.15) is 55.4 Å². The fourth-order valence-corrected chi connectivity index (χ4v) is 2.81. The minimum Gasteiger partial charge on any atom is -0.466 e. The highest BCUT2D eigenvalue weighted by molar-refractivity contribution is 5.79. The molecule has 0 saturated carbocycles. The summed E-state index contributed by atoms with van der Waals surface area (Å²) in [6.07, 6.45) is 2.13. The molecule has 0 spiro atoms. The number of hydrogen-bond donors (Lipinski definition) is 3. The van der Waals surface area contributed by atoms with Crippen LogP contribution in [0.2, 0.25) is 0 Å². The summed E-state index contributed by atoms with van der Waals surface area (Å²) in [5.74, 6) is 3.79. The first-order chi connectivity index (χ1) is 12.7. The van der Waals surface area contributed by atoms with Crippen molar-refractivity contribution >= 4 is 5.96 Å². The topological polar surface area (TPSA) is 100 Å². The number of unbranched alkanes of at least 4 members (excludes halogenated alkanes) is 1. The van der Waals surface area contributed by atoms with Crippen LogP contribution in [-0.4, -0.2) is 38.9 Å². The van der Waals surface area contributed by atoms with Crippen molar-refractivity contribution in [2.75, 3.05) is 13.1 Å². The molecule has 0 bridgehead atoms. The quantitative estimate of drug-likeness (QED) is 0.370. The Labute approximate surface area is 161 Å². The average Bonchev–Trinajstić information content (AvgIpc) is 3.12. The smallest absolute Gasteiger partial charge is 0.191 e. The van der Waals surface area contributed by atoms with Gasteiger partial charge >= 0.3 is 0 Å². The molecule has 150 valence electrons. The van der Waals surface area contributed by atoms with E-state index in [2.05, 4.69) is 32.7 Å². The Bertz CT molecular complexity index is 775. The highest BCUT2D eigenvalue weighted by atomic mass is 16.3. The van der Waals surface area contributed by atoms with Gasteiger partial charge in [0.05, 0.1) is 6.54 Å². The van der Waals surface area contributed by atoms with Crippen LogP contribution in [-0.2, 0) is 19.2 Å². The number of nitrogens with zero attached hydrogens (tertiary/aromatic N) is 4. The summed E-state index contributed by atoms with van der Waals surface area (Å²) in [4.78, 5) is 4.60. The summed E-state index contributed by atoms with van der Waals surface area (Å²) in [7, 11) is 1.92. The van der Waals surface area contributed by atoms with E-state index >= 15 is 0 Å². The molecule has 3 N–H and O–H groups in total. The molecule has 2 heterocycles. The second-order valence-corrected chi connectivity index (χ2v) is 7.12. The number of furan rings is 1. The molecule has 0 saturated heterocycles. The summed E-state index contributed by atoms with van der Waals surface area (Å²) in [5, 5.41) is 25.7. The number of aliphatic imine (C=N–C) groups is 1. The Hall–Kier alpha value is -2.35. The largest absolute Gasteiger partial charge is 0.466 e. The zero-order valence-corrected chi connectivity index (χ0v) is 17.3. The molecule has 2 aromatic heterocycles. The molecule has 1 atom stereocenters. The Morgan fingerprint density at radius 2 is 2.04 bits per heavy atom. The molecule has 27 heavy (non-hydrogen) atoms. The first kappa shape index (κ1) is 21.0. The van der Waals surface area contributed by atoms with E-state index in [0.717, 1.165) is 48.1 Å². The lowest BCUT2D eigenvalue weighted by Crippen LogP contribution is -2.45. The van der Waals surface area contributed by atoms with Crippen LogP contribution in [0.3, 0.4) is 0 Å². The van der Waals surface area contributed by atoms with Crippen LogP contribution in [0.4, 0.5) is 0 Å². The zero-order valence-electron chi connectivity index (χ0n) is 17.3. The number of guanidine groups is 1. The third-order valence-electron chi connectivity index (χ3n) is 4.61. The van der Waals surface area contributed by atoms with Crippen LogP contribution in [0.5, 0.6) is 0 Å². The number of hydrogen-bond acceptors (Lipinski definition) is 5. The standard InChI is InChI=1S/C19H32N6O2/c1-7-8-9-20-18(21-11-17-24-23-15(4)25(17)6)22-12-19(5,26)16-10-13(2)27-14(16)3/h10,26H,7-9,11-12H2,1-6H3,(H2,20,21,22). The second-order valence-electron chi connectivity index (χ2n) is 7.12. The van der Waals surface area contributed by atoms with Gasteiger partial charge in [0.1, 0.15) is 29.5 Å². The van der Waals surface area contributed by atoms with Crippen molar-refractivity contribution in [3.8, 4) is 0 Å². The van der Waals surface area contributed by atoms with E-state index in [0.29, 0.717) is 19.0 Å². The summed E-state index contributed by atoms with van der Waals surface area (Å²) in [6, 6.07) is 1.88. The van der Waals surface area contributed by atoms with Crippen molar-refractivity contribution < 1.29 is 9.52 Å². The lowest BCUT2D eigenvalue weighted by atomic mass is 9.96. The van der Waals surface area contributed by atoms with Gasteiger partial charge in [0.25, 0.3) is 0 Å². The van der Waals surface area contributed by atoms with Crippen LogP contribution in [0.25, 0.3) is 0 Å². The van der Waals surface area contributed by atoms with E-state index in [9.17, 15) is 5.11 Å². The molecule has 0 amide bonds. The molecule has 2 rings (SSSR count). The third-order valence-corrected chi connectivity index (χ3v) is 4.61. The fourth-order valence-electron chi connectivity index (χ4n) is 2.81. The van der Waals surface area contributed by atoms with Crippen LogP contribution in [0, 0.1) is 20.8 Å². The van der Waals surface area contributed by atoms with Crippen molar-refractivity contribution in [3.63, 3.8) is 0 Å². The SMILES string of the molecule is CCCCNC(=NCc1nnc(C)n1C)NCC(C)(O)c1cc(C)oc1C. The zero-order chi connectivity index (χ0) is 20.0. The van der Waals surface area contributed by atoms with Crippen molar-refractivity contribution in [2.24, 2.45) is 12.0 Å². The number of nitrogens with one attached hydrogen (secondary N) is 2. The lowest BCUT2D eigenvalue weighted by molar-refractivity contribution is 0.0601. The monoisotopic (exact) mass is 376 g/mol. The van der Waals surface area contributed by atoms with E-state index in [1.807, 2.05) is 38.5 Å². The molecule has 0 aliphatic heterocycles. The van der Waals surface area contributed by atoms with Crippen molar-refractivity contribution in [1.82, 2.24) is 25.4 Å². The first-order valence-corrected chi connectivity index (χ1v) is 9.41. The predicted octanol–water partition coefficient (Wildman–Crippen LogP) is 2.08. The average molecular weight is 377 g/mol. The maximum atomic E-state index is 10.9. The molecule has 0 aliphatic rings. The van der Waals surface area contributed by atoms with Crippen molar-refractivity contribution in [2.45, 2.75) is 59.6 Å². The van der Waals surface area contributed by atoms with Gasteiger partial charge in [-0.25, -0.2) is 4.99 Å². The Kier molecular flexibility index (Phi) is 7.01. The Balaban J connectivity index is 2.08. The molecule has 0 fully saturated rings. The van der Waals surface area contributed by atoms with Gasteiger partial charge in [-0.3, -0.25) is 0 Å². The fraction of sp³-hybridized carbons (Fsp3) is 0.632. The highest BCUT2D eigenvalue weighted by Gasteiger charge is 2.27. The van der Waals surface area contributed by atoms with E-state index in [1.165, 1.54) is 0 Å². The van der Waals surface area contributed by atoms with Gasteiger partial charge in [0.15, 0.2) is 11.8 Å². The molecular formula is C19H32N6O2. The minimum atomic E-state index is -1.07.